The van der Waals surface area contributed by atoms with Gasteiger partial charge in [0.1, 0.15) is 0 Å². The maximum absolute atomic E-state index is 12.8. The summed E-state index contributed by atoms with van der Waals surface area (Å²) in [5.41, 5.74) is 8.74. The van der Waals surface area contributed by atoms with Crippen molar-refractivity contribution in [3.63, 3.8) is 0 Å². The standard InChI is InChI=1S/C20H30N2O/c1-13(2)15-6-8-16(9-7-15)18-11-19(18)20(23)22-10-4-5-17(12-22)14(3)21/h6-9,13-14,17-19H,4-5,10-12,21H2,1-3H3. The summed E-state index contributed by atoms with van der Waals surface area (Å²) in [6.45, 7) is 8.26. The monoisotopic (exact) mass is 314 g/mol. The van der Waals surface area contributed by atoms with Crippen LogP contribution in [0.4, 0.5) is 0 Å². The van der Waals surface area contributed by atoms with Crippen LogP contribution in [0.1, 0.15) is 63.0 Å². The first kappa shape index (κ1) is 16.5. The van der Waals surface area contributed by atoms with E-state index < -0.39 is 0 Å². The second kappa shape index (κ2) is 6.64. The van der Waals surface area contributed by atoms with Gasteiger partial charge in [0.15, 0.2) is 0 Å². The van der Waals surface area contributed by atoms with Gasteiger partial charge in [-0.25, -0.2) is 0 Å². The van der Waals surface area contributed by atoms with Crippen molar-refractivity contribution in [1.82, 2.24) is 4.90 Å². The van der Waals surface area contributed by atoms with Crippen molar-refractivity contribution in [3.8, 4) is 0 Å². The quantitative estimate of drug-likeness (QED) is 0.924. The predicted octanol–water partition coefficient (Wildman–Crippen LogP) is 3.50. The van der Waals surface area contributed by atoms with E-state index in [0.29, 0.717) is 23.7 Å². The summed E-state index contributed by atoms with van der Waals surface area (Å²) in [4.78, 5) is 14.8. The second-order valence-electron chi connectivity index (χ2n) is 7.82. The molecular formula is C20H30N2O. The Kier molecular flexibility index (Phi) is 4.77. The van der Waals surface area contributed by atoms with Crippen molar-refractivity contribution < 1.29 is 4.79 Å². The molecule has 3 rings (SSSR count). The fourth-order valence-corrected chi connectivity index (χ4v) is 3.84. The van der Waals surface area contributed by atoms with E-state index in [9.17, 15) is 4.79 Å². The summed E-state index contributed by atoms with van der Waals surface area (Å²) in [7, 11) is 0. The van der Waals surface area contributed by atoms with E-state index in [1.54, 1.807) is 0 Å². The summed E-state index contributed by atoms with van der Waals surface area (Å²) in [6, 6.07) is 9.05. The molecule has 1 amide bonds. The van der Waals surface area contributed by atoms with E-state index in [2.05, 4.69) is 49.9 Å². The molecule has 4 atom stereocenters. The molecule has 1 saturated heterocycles. The summed E-state index contributed by atoms with van der Waals surface area (Å²) >= 11 is 0. The summed E-state index contributed by atoms with van der Waals surface area (Å²) in [6.07, 6.45) is 3.27. The number of likely N-dealkylation sites (tertiary alicyclic amines) is 1. The Hall–Kier alpha value is -1.35. The van der Waals surface area contributed by atoms with Gasteiger partial charge < -0.3 is 10.6 Å². The minimum Gasteiger partial charge on any atom is -0.342 e. The average molecular weight is 314 g/mol. The van der Waals surface area contributed by atoms with Gasteiger partial charge in [0.05, 0.1) is 0 Å². The lowest BCUT2D eigenvalue weighted by atomic mass is 9.92. The molecule has 1 aromatic rings. The van der Waals surface area contributed by atoms with E-state index in [0.717, 1.165) is 32.4 Å². The molecule has 2 aliphatic rings. The Morgan fingerprint density at radius 1 is 1.22 bits per heavy atom. The van der Waals surface area contributed by atoms with Crippen molar-refractivity contribution in [3.05, 3.63) is 35.4 Å². The topological polar surface area (TPSA) is 46.3 Å². The van der Waals surface area contributed by atoms with Crippen LogP contribution in [0.5, 0.6) is 0 Å². The molecule has 2 fully saturated rings. The van der Waals surface area contributed by atoms with Crippen molar-refractivity contribution >= 4 is 5.91 Å². The predicted molar refractivity (Wildman–Crippen MR) is 94.3 cm³/mol. The van der Waals surface area contributed by atoms with E-state index in [1.165, 1.54) is 11.1 Å². The molecule has 2 N–H and O–H groups in total. The van der Waals surface area contributed by atoms with Crippen LogP contribution in [0.25, 0.3) is 0 Å². The Morgan fingerprint density at radius 2 is 1.91 bits per heavy atom. The van der Waals surface area contributed by atoms with Crippen LogP contribution in [-0.2, 0) is 4.79 Å². The highest BCUT2D eigenvalue weighted by Crippen LogP contribution is 2.49. The van der Waals surface area contributed by atoms with Gasteiger partial charge in [0, 0.05) is 25.0 Å². The molecule has 4 unspecified atom stereocenters. The number of rotatable bonds is 4. The highest BCUT2D eigenvalue weighted by atomic mass is 16.2. The second-order valence-corrected chi connectivity index (χ2v) is 7.82. The lowest BCUT2D eigenvalue weighted by molar-refractivity contribution is -0.134. The zero-order valence-corrected chi connectivity index (χ0v) is 14.7. The number of nitrogens with two attached hydrogens (primary N) is 1. The van der Waals surface area contributed by atoms with Crippen LogP contribution in [0.2, 0.25) is 0 Å². The first-order valence-corrected chi connectivity index (χ1v) is 9.11. The van der Waals surface area contributed by atoms with Crippen LogP contribution >= 0.6 is 0 Å². The highest BCUT2D eigenvalue weighted by molar-refractivity contribution is 5.83. The van der Waals surface area contributed by atoms with Gasteiger partial charge in [-0.15, -0.1) is 0 Å². The van der Waals surface area contributed by atoms with Crippen LogP contribution in [0.15, 0.2) is 24.3 Å². The SMILES string of the molecule is CC(C)c1ccc(C2CC2C(=O)N2CCCC(C(C)N)C2)cc1. The van der Waals surface area contributed by atoms with E-state index in [-0.39, 0.29) is 12.0 Å². The zero-order chi connectivity index (χ0) is 16.6. The van der Waals surface area contributed by atoms with Crippen LogP contribution in [0, 0.1) is 11.8 Å². The van der Waals surface area contributed by atoms with Crippen molar-refractivity contribution in [1.29, 1.82) is 0 Å². The zero-order valence-electron chi connectivity index (χ0n) is 14.7. The average Bonchev–Trinajstić information content (AvgIpc) is 3.35. The number of carbonyl (C=O) groups excluding carboxylic acids is 1. The van der Waals surface area contributed by atoms with Gasteiger partial charge in [-0.3, -0.25) is 4.79 Å². The molecule has 0 spiro atoms. The van der Waals surface area contributed by atoms with Gasteiger partial charge >= 0.3 is 0 Å². The summed E-state index contributed by atoms with van der Waals surface area (Å²) in [5, 5.41) is 0. The Bertz CT molecular complexity index is 549. The van der Waals surface area contributed by atoms with Gasteiger partial charge in [0.2, 0.25) is 5.91 Å². The molecule has 0 bridgehead atoms. The number of amides is 1. The molecule has 1 aliphatic carbocycles. The Balaban J connectivity index is 1.60. The minimum absolute atomic E-state index is 0.184. The van der Waals surface area contributed by atoms with Gasteiger partial charge in [-0.2, -0.15) is 0 Å². The summed E-state index contributed by atoms with van der Waals surface area (Å²) < 4.78 is 0. The van der Waals surface area contributed by atoms with E-state index >= 15 is 0 Å². The third-order valence-electron chi connectivity index (χ3n) is 5.65. The van der Waals surface area contributed by atoms with Crippen molar-refractivity contribution in [2.24, 2.45) is 17.6 Å². The Labute approximate surface area is 140 Å². The highest BCUT2D eigenvalue weighted by Gasteiger charge is 2.46. The molecule has 1 saturated carbocycles. The fraction of sp³-hybridized carbons (Fsp3) is 0.650. The molecule has 3 nitrogen and oxygen atoms in total. The molecule has 126 valence electrons. The minimum atomic E-state index is 0.184. The molecule has 0 radical (unpaired) electrons. The first-order chi connectivity index (χ1) is 11.0. The van der Waals surface area contributed by atoms with E-state index in [4.69, 9.17) is 5.73 Å². The number of piperidine rings is 1. The number of carbonyl (C=O) groups is 1. The van der Waals surface area contributed by atoms with Gasteiger partial charge in [-0.05, 0) is 55.1 Å². The molecule has 1 aromatic carbocycles. The third-order valence-corrected chi connectivity index (χ3v) is 5.65. The first-order valence-electron chi connectivity index (χ1n) is 9.11. The van der Waals surface area contributed by atoms with Crippen molar-refractivity contribution in [2.75, 3.05) is 13.1 Å². The number of nitrogens with zero attached hydrogens (tertiary/aromatic N) is 1. The number of hydrogen-bond acceptors (Lipinski definition) is 2. The lowest BCUT2D eigenvalue weighted by Gasteiger charge is -2.34. The maximum Gasteiger partial charge on any atom is 0.226 e. The van der Waals surface area contributed by atoms with Crippen LogP contribution in [0.3, 0.4) is 0 Å². The normalized spacial score (nSPS) is 28.7. The maximum atomic E-state index is 12.8. The van der Waals surface area contributed by atoms with Gasteiger partial charge in [0.25, 0.3) is 0 Å². The smallest absolute Gasteiger partial charge is 0.226 e. The largest absolute Gasteiger partial charge is 0.342 e. The number of benzene rings is 1. The number of hydrogen-bond donors (Lipinski definition) is 1. The molecular weight excluding hydrogens is 284 g/mol. The fourth-order valence-electron chi connectivity index (χ4n) is 3.84. The molecule has 1 aliphatic heterocycles. The van der Waals surface area contributed by atoms with E-state index in [1.807, 2.05) is 0 Å². The summed E-state index contributed by atoms with van der Waals surface area (Å²) in [5.74, 6) is 2.01. The third kappa shape index (κ3) is 3.60. The molecule has 23 heavy (non-hydrogen) atoms. The Morgan fingerprint density at radius 3 is 2.52 bits per heavy atom. The van der Waals surface area contributed by atoms with Crippen molar-refractivity contribution in [2.45, 2.75) is 57.9 Å². The molecule has 0 aromatic heterocycles. The van der Waals surface area contributed by atoms with Crippen LogP contribution in [-0.4, -0.2) is 29.9 Å². The van der Waals surface area contributed by atoms with Crippen LogP contribution < -0.4 is 5.73 Å². The van der Waals surface area contributed by atoms with Gasteiger partial charge in [-0.1, -0.05) is 38.1 Å². The molecule has 3 heteroatoms. The molecule has 1 heterocycles. The lowest BCUT2D eigenvalue weighted by Crippen LogP contribution is -2.45.